The second kappa shape index (κ2) is 9.40. The Morgan fingerprint density at radius 1 is 1.12 bits per heavy atom. The minimum absolute atomic E-state index is 0.590. The van der Waals surface area contributed by atoms with Gasteiger partial charge in [0.15, 0.2) is 5.16 Å². The summed E-state index contributed by atoms with van der Waals surface area (Å²) < 4.78 is 2.24. The molecule has 0 aliphatic rings. The fourth-order valence-corrected chi connectivity index (χ4v) is 4.17. The highest BCUT2D eigenvalue weighted by Gasteiger charge is 2.13. The molecule has 25 heavy (non-hydrogen) atoms. The maximum Gasteiger partial charge on any atom is 0.191 e. The topological polar surface area (TPSA) is 54.5 Å². The molecule has 6 heteroatoms. The molecule has 0 spiro atoms. The minimum atomic E-state index is 0.590. The fraction of sp³-hybridized carbons (Fsp3) is 0.316. The van der Waals surface area contributed by atoms with Gasteiger partial charge < -0.3 is 4.57 Å². The summed E-state index contributed by atoms with van der Waals surface area (Å²) in [6.45, 7) is 0.873. The van der Waals surface area contributed by atoms with Crippen LogP contribution in [0.3, 0.4) is 0 Å². The summed E-state index contributed by atoms with van der Waals surface area (Å²) in [5.74, 6) is 1.91. The van der Waals surface area contributed by atoms with E-state index in [0.29, 0.717) is 6.42 Å². The lowest BCUT2D eigenvalue weighted by atomic mass is 10.1. The highest BCUT2D eigenvalue weighted by Crippen LogP contribution is 2.22. The van der Waals surface area contributed by atoms with Crippen LogP contribution in [0.25, 0.3) is 0 Å². The molecule has 0 radical (unpaired) electrons. The van der Waals surface area contributed by atoms with Crippen molar-refractivity contribution in [3.63, 3.8) is 0 Å². The van der Waals surface area contributed by atoms with E-state index in [1.54, 1.807) is 23.1 Å². The molecule has 2 aromatic heterocycles. The van der Waals surface area contributed by atoms with E-state index >= 15 is 0 Å². The zero-order chi connectivity index (χ0) is 17.3. The van der Waals surface area contributed by atoms with Crippen LogP contribution in [-0.4, -0.2) is 20.5 Å². The number of nitriles is 1. The van der Waals surface area contributed by atoms with Gasteiger partial charge in [-0.3, -0.25) is 0 Å². The molecule has 0 amide bonds. The van der Waals surface area contributed by atoms with Gasteiger partial charge >= 0.3 is 0 Å². The van der Waals surface area contributed by atoms with Crippen LogP contribution in [0.15, 0.2) is 53.0 Å². The molecule has 4 nitrogen and oxygen atoms in total. The van der Waals surface area contributed by atoms with E-state index < -0.39 is 0 Å². The standard InChI is InChI=1S/C19H20N4S2/c20-11-4-5-13-25-19-22-21-18(15-17-9-6-14-24-17)23(19)12-10-16-7-2-1-3-8-16/h1-3,6-9,14H,4-5,10,12-13,15H2. The molecule has 3 aromatic rings. The van der Waals surface area contributed by atoms with Crippen molar-refractivity contribution >= 4 is 23.1 Å². The third-order valence-electron chi connectivity index (χ3n) is 3.84. The van der Waals surface area contributed by atoms with Gasteiger partial charge in [-0.15, -0.1) is 21.5 Å². The number of aryl methyl sites for hydroxylation is 1. The Morgan fingerprint density at radius 2 is 2.00 bits per heavy atom. The van der Waals surface area contributed by atoms with Crippen molar-refractivity contribution in [3.05, 3.63) is 64.1 Å². The summed E-state index contributed by atoms with van der Waals surface area (Å²) in [5, 5.41) is 20.6. The fourth-order valence-electron chi connectivity index (χ4n) is 2.55. The number of aromatic nitrogens is 3. The molecule has 0 aliphatic carbocycles. The lowest BCUT2D eigenvalue weighted by Crippen LogP contribution is -2.08. The number of hydrogen-bond acceptors (Lipinski definition) is 5. The zero-order valence-corrected chi connectivity index (χ0v) is 15.6. The Kier molecular flexibility index (Phi) is 6.66. The van der Waals surface area contributed by atoms with Gasteiger partial charge in [0.2, 0.25) is 0 Å². The lowest BCUT2D eigenvalue weighted by molar-refractivity contribution is 0.610. The maximum absolute atomic E-state index is 8.68. The zero-order valence-electron chi connectivity index (χ0n) is 14.0. The molecule has 2 heterocycles. The van der Waals surface area contributed by atoms with Crippen molar-refractivity contribution in [1.82, 2.24) is 14.8 Å². The summed E-state index contributed by atoms with van der Waals surface area (Å²) in [5.41, 5.74) is 1.32. The highest BCUT2D eigenvalue weighted by atomic mass is 32.2. The first-order valence-corrected chi connectivity index (χ1v) is 10.2. The third kappa shape index (κ3) is 5.18. The van der Waals surface area contributed by atoms with Crippen LogP contribution in [0, 0.1) is 11.3 Å². The van der Waals surface area contributed by atoms with Crippen molar-refractivity contribution in [1.29, 1.82) is 5.26 Å². The molecule has 0 N–H and O–H groups in total. The van der Waals surface area contributed by atoms with E-state index in [-0.39, 0.29) is 0 Å². The van der Waals surface area contributed by atoms with E-state index in [4.69, 9.17) is 5.26 Å². The molecule has 128 valence electrons. The summed E-state index contributed by atoms with van der Waals surface area (Å²) in [6.07, 6.45) is 3.25. The van der Waals surface area contributed by atoms with E-state index in [1.807, 2.05) is 6.07 Å². The van der Waals surface area contributed by atoms with E-state index in [1.165, 1.54) is 10.4 Å². The van der Waals surface area contributed by atoms with Gasteiger partial charge in [0, 0.05) is 30.0 Å². The van der Waals surface area contributed by atoms with Crippen molar-refractivity contribution in [2.75, 3.05) is 5.75 Å². The van der Waals surface area contributed by atoms with Crippen LogP contribution in [0.2, 0.25) is 0 Å². The molecule has 0 unspecified atom stereocenters. The first-order valence-electron chi connectivity index (χ1n) is 8.35. The van der Waals surface area contributed by atoms with Gasteiger partial charge in [0.05, 0.1) is 6.07 Å². The van der Waals surface area contributed by atoms with Gasteiger partial charge in [-0.1, -0.05) is 48.2 Å². The van der Waals surface area contributed by atoms with Crippen LogP contribution >= 0.6 is 23.1 Å². The smallest absolute Gasteiger partial charge is 0.191 e. The average Bonchev–Trinajstić information content (AvgIpc) is 3.29. The highest BCUT2D eigenvalue weighted by molar-refractivity contribution is 7.99. The molecule has 3 rings (SSSR count). The second-order valence-electron chi connectivity index (χ2n) is 5.65. The molecule has 0 fully saturated rings. The SMILES string of the molecule is N#CCCCSc1nnc(Cc2cccs2)n1CCc1ccccc1. The Hall–Kier alpha value is -2.10. The maximum atomic E-state index is 8.68. The number of benzene rings is 1. The van der Waals surface area contributed by atoms with Crippen LogP contribution in [0.1, 0.15) is 29.1 Å². The summed E-state index contributed by atoms with van der Waals surface area (Å²) in [7, 11) is 0. The van der Waals surface area contributed by atoms with Crippen LogP contribution in [-0.2, 0) is 19.4 Å². The predicted molar refractivity (Wildman–Crippen MR) is 103 cm³/mol. The summed E-state index contributed by atoms with van der Waals surface area (Å²) in [6, 6.07) is 16.9. The van der Waals surface area contributed by atoms with Gasteiger partial charge in [-0.2, -0.15) is 5.26 Å². The second-order valence-corrected chi connectivity index (χ2v) is 7.75. The Bertz CT molecular complexity index is 804. The van der Waals surface area contributed by atoms with Crippen molar-refractivity contribution in [2.24, 2.45) is 0 Å². The van der Waals surface area contributed by atoms with Crippen molar-refractivity contribution in [3.8, 4) is 6.07 Å². The van der Waals surface area contributed by atoms with E-state index in [0.717, 1.165) is 42.5 Å². The lowest BCUT2D eigenvalue weighted by Gasteiger charge is -2.10. The van der Waals surface area contributed by atoms with Crippen LogP contribution < -0.4 is 0 Å². The third-order valence-corrected chi connectivity index (χ3v) is 5.77. The molecule has 0 saturated carbocycles. The largest absolute Gasteiger partial charge is 0.305 e. The van der Waals surface area contributed by atoms with Gasteiger partial charge in [-0.05, 0) is 29.9 Å². The molecule has 0 atom stereocenters. The van der Waals surface area contributed by atoms with E-state index in [9.17, 15) is 0 Å². The van der Waals surface area contributed by atoms with E-state index in [2.05, 4.69) is 62.6 Å². The van der Waals surface area contributed by atoms with Crippen molar-refractivity contribution in [2.45, 2.75) is 37.4 Å². The normalized spacial score (nSPS) is 10.7. The number of hydrogen-bond donors (Lipinski definition) is 0. The molecule has 0 saturated heterocycles. The quantitative estimate of drug-likeness (QED) is 0.410. The van der Waals surface area contributed by atoms with Gasteiger partial charge in [0.1, 0.15) is 5.82 Å². The Morgan fingerprint density at radius 3 is 2.76 bits per heavy atom. The minimum Gasteiger partial charge on any atom is -0.305 e. The number of thiophene rings is 1. The molecule has 0 bridgehead atoms. The molecular formula is C19H20N4S2. The predicted octanol–water partition coefficient (Wildman–Crippen LogP) is 4.57. The Balaban J connectivity index is 1.72. The Labute approximate surface area is 156 Å². The molecular weight excluding hydrogens is 348 g/mol. The first-order chi connectivity index (χ1) is 12.4. The summed E-state index contributed by atoms with van der Waals surface area (Å²) >= 11 is 3.45. The number of rotatable bonds is 9. The molecule has 1 aromatic carbocycles. The number of unbranched alkanes of at least 4 members (excludes halogenated alkanes) is 1. The number of thioether (sulfide) groups is 1. The summed E-state index contributed by atoms with van der Waals surface area (Å²) in [4.78, 5) is 1.30. The molecule has 0 aliphatic heterocycles. The van der Waals surface area contributed by atoms with Crippen molar-refractivity contribution < 1.29 is 0 Å². The van der Waals surface area contributed by atoms with Crippen LogP contribution in [0.5, 0.6) is 0 Å². The number of nitrogens with zero attached hydrogens (tertiary/aromatic N) is 4. The first kappa shape index (κ1) is 17.7. The van der Waals surface area contributed by atoms with Crippen LogP contribution in [0.4, 0.5) is 0 Å². The van der Waals surface area contributed by atoms with Gasteiger partial charge in [-0.25, -0.2) is 0 Å². The average molecular weight is 369 g/mol. The van der Waals surface area contributed by atoms with Gasteiger partial charge in [0.25, 0.3) is 0 Å². The monoisotopic (exact) mass is 368 g/mol.